The Bertz CT molecular complexity index is 574. The van der Waals surface area contributed by atoms with Gasteiger partial charge in [-0.3, -0.25) is 0 Å². The molecule has 26 heavy (non-hydrogen) atoms. The number of carbonyl (C=O) groups excluding carboxylic acids is 1. The summed E-state index contributed by atoms with van der Waals surface area (Å²) in [5.41, 5.74) is 0.727. The molecule has 1 unspecified atom stereocenters. The Kier molecular flexibility index (Phi) is 6.68. The number of carbonyl (C=O) groups is 1. The molecule has 7 heteroatoms. The van der Waals surface area contributed by atoms with Crippen LogP contribution in [0.5, 0.6) is 0 Å². The van der Waals surface area contributed by atoms with Gasteiger partial charge in [-0.05, 0) is 64.9 Å². The molecule has 7 nitrogen and oxygen atoms in total. The lowest BCUT2D eigenvalue weighted by Gasteiger charge is -2.33. The van der Waals surface area contributed by atoms with Gasteiger partial charge in [-0.1, -0.05) is 0 Å². The minimum atomic E-state index is -0.0765. The van der Waals surface area contributed by atoms with Crippen molar-refractivity contribution in [2.75, 3.05) is 51.0 Å². The van der Waals surface area contributed by atoms with Crippen molar-refractivity contribution in [1.29, 1.82) is 0 Å². The molecule has 0 bridgehead atoms. The van der Waals surface area contributed by atoms with Crippen LogP contribution in [0.4, 0.5) is 16.3 Å². The highest BCUT2D eigenvalue weighted by molar-refractivity contribution is 5.89. The normalized spacial score (nSPS) is 20.7. The van der Waals surface area contributed by atoms with Crippen LogP contribution >= 0.6 is 0 Å². The molecule has 0 spiro atoms. The lowest BCUT2D eigenvalue weighted by molar-refractivity contribution is -0.0175. The summed E-state index contributed by atoms with van der Waals surface area (Å²) in [4.78, 5) is 20.9. The van der Waals surface area contributed by atoms with Gasteiger partial charge in [-0.25, -0.2) is 9.78 Å². The van der Waals surface area contributed by atoms with Crippen LogP contribution in [0.25, 0.3) is 0 Å². The van der Waals surface area contributed by atoms with E-state index in [1.54, 1.807) is 6.20 Å². The molecule has 1 aromatic rings. The molecule has 0 aromatic carbocycles. The Morgan fingerprint density at radius 1 is 1.38 bits per heavy atom. The second kappa shape index (κ2) is 9.19. The first-order valence-electron chi connectivity index (χ1n) is 9.65. The van der Waals surface area contributed by atoms with Crippen molar-refractivity contribution in [3.8, 4) is 0 Å². The highest BCUT2D eigenvalue weighted by Crippen LogP contribution is 2.22. The van der Waals surface area contributed by atoms with E-state index >= 15 is 0 Å². The SMILES string of the molecule is CN(C)CCCC1CN(C(=O)Nc2ccc(NC3CCC3)nc2)CCO1. The third-order valence-corrected chi connectivity index (χ3v) is 5.03. The fourth-order valence-electron chi connectivity index (χ4n) is 3.23. The summed E-state index contributed by atoms with van der Waals surface area (Å²) >= 11 is 0. The first-order valence-corrected chi connectivity index (χ1v) is 9.65. The van der Waals surface area contributed by atoms with E-state index in [0.717, 1.165) is 30.9 Å². The van der Waals surface area contributed by atoms with Crippen LogP contribution < -0.4 is 10.6 Å². The molecule has 3 rings (SSSR count). The minimum Gasteiger partial charge on any atom is -0.375 e. The van der Waals surface area contributed by atoms with Crippen LogP contribution in [0.15, 0.2) is 18.3 Å². The molecule has 1 aliphatic carbocycles. The van der Waals surface area contributed by atoms with E-state index in [9.17, 15) is 4.79 Å². The van der Waals surface area contributed by atoms with Crippen LogP contribution in [0.2, 0.25) is 0 Å². The zero-order chi connectivity index (χ0) is 18.4. The lowest BCUT2D eigenvalue weighted by Crippen LogP contribution is -2.47. The molecule has 1 atom stereocenters. The average Bonchev–Trinajstić information content (AvgIpc) is 2.59. The fourth-order valence-corrected chi connectivity index (χ4v) is 3.23. The molecular weight excluding hydrogens is 330 g/mol. The van der Waals surface area contributed by atoms with E-state index in [1.807, 2.05) is 17.0 Å². The molecule has 2 N–H and O–H groups in total. The van der Waals surface area contributed by atoms with Gasteiger partial charge < -0.3 is 25.2 Å². The Balaban J connectivity index is 1.44. The van der Waals surface area contributed by atoms with E-state index in [0.29, 0.717) is 25.7 Å². The van der Waals surface area contributed by atoms with E-state index in [1.165, 1.54) is 19.3 Å². The van der Waals surface area contributed by atoms with Crippen LogP contribution in [0.1, 0.15) is 32.1 Å². The maximum Gasteiger partial charge on any atom is 0.322 e. The van der Waals surface area contributed by atoms with Gasteiger partial charge in [0, 0.05) is 19.1 Å². The van der Waals surface area contributed by atoms with Gasteiger partial charge in [0.15, 0.2) is 0 Å². The third kappa shape index (κ3) is 5.57. The molecule has 0 radical (unpaired) electrons. The number of ether oxygens (including phenoxy) is 1. The minimum absolute atomic E-state index is 0.0765. The molecule has 1 aliphatic heterocycles. The van der Waals surface area contributed by atoms with Crippen molar-refractivity contribution in [2.24, 2.45) is 0 Å². The summed E-state index contributed by atoms with van der Waals surface area (Å²) < 4.78 is 5.80. The molecule has 2 amide bonds. The van der Waals surface area contributed by atoms with Crippen LogP contribution in [-0.2, 0) is 4.74 Å². The number of nitrogens with one attached hydrogen (secondary N) is 2. The highest BCUT2D eigenvalue weighted by Gasteiger charge is 2.24. The highest BCUT2D eigenvalue weighted by atomic mass is 16.5. The van der Waals surface area contributed by atoms with E-state index in [-0.39, 0.29) is 12.1 Å². The number of nitrogens with zero attached hydrogens (tertiary/aromatic N) is 3. The van der Waals surface area contributed by atoms with Crippen LogP contribution in [0.3, 0.4) is 0 Å². The van der Waals surface area contributed by atoms with Gasteiger partial charge in [0.25, 0.3) is 0 Å². The van der Waals surface area contributed by atoms with Crippen LogP contribution in [-0.4, -0.2) is 73.3 Å². The van der Waals surface area contributed by atoms with Crippen LogP contribution in [0, 0.1) is 0 Å². The molecule has 2 heterocycles. The van der Waals surface area contributed by atoms with Gasteiger partial charge in [-0.2, -0.15) is 0 Å². The summed E-state index contributed by atoms with van der Waals surface area (Å²) in [7, 11) is 4.14. The first kappa shape index (κ1) is 18.9. The number of amides is 2. The fraction of sp³-hybridized carbons (Fsp3) is 0.684. The maximum absolute atomic E-state index is 12.5. The Morgan fingerprint density at radius 2 is 2.23 bits per heavy atom. The Morgan fingerprint density at radius 3 is 2.88 bits per heavy atom. The number of pyridine rings is 1. The van der Waals surface area contributed by atoms with Crippen molar-refractivity contribution >= 4 is 17.5 Å². The number of hydrogen-bond donors (Lipinski definition) is 2. The van der Waals surface area contributed by atoms with Crippen molar-refractivity contribution in [2.45, 2.75) is 44.2 Å². The number of anilines is 2. The van der Waals surface area contributed by atoms with Crippen molar-refractivity contribution in [1.82, 2.24) is 14.8 Å². The van der Waals surface area contributed by atoms with Gasteiger partial charge in [0.2, 0.25) is 0 Å². The zero-order valence-electron chi connectivity index (χ0n) is 15.9. The first-order chi connectivity index (χ1) is 12.6. The smallest absolute Gasteiger partial charge is 0.322 e. The number of aromatic nitrogens is 1. The Labute approximate surface area is 156 Å². The second-order valence-corrected chi connectivity index (χ2v) is 7.52. The second-order valence-electron chi connectivity index (χ2n) is 7.52. The van der Waals surface area contributed by atoms with E-state index in [2.05, 4.69) is 34.6 Å². The number of urea groups is 1. The predicted molar refractivity (Wildman–Crippen MR) is 104 cm³/mol. The topological polar surface area (TPSA) is 69.7 Å². The summed E-state index contributed by atoms with van der Waals surface area (Å²) in [6, 6.07) is 4.31. The largest absolute Gasteiger partial charge is 0.375 e. The number of morpholine rings is 1. The number of hydrogen-bond acceptors (Lipinski definition) is 5. The quantitative estimate of drug-likeness (QED) is 0.781. The van der Waals surface area contributed by atoms with Crippen molar-refractivity contribution in [3.63, 3.8) is 0 Å². The van der Waals surface area contributed by atoms with Gasteiger partial charge in [0.1, 0.15) is 5.82 Å². The molecule has 144 valence electrons. The lowest BCUT2D eigenvalue weighted by atomic mass is 9.93. The summed E-state index contributed by atoms with van der Waals surface area (Å²) in [6.45, 7) is 2.92. The molecule has 2 aliphatic rings. The summed E-state index contributed by atoms with van der Waals surface area (Å²) in [5.74, 6) is 0.875. The molecule has 2 fully saturated rings. The maximum atomic E-state index is 12.5. The standard InChI is InChI=1S/C19H31N5O2/c1-23(2)10-4-7-17-14-24(11-12-26-17)19(25)22-16-8-9-18(20-13-16)21-15-5-3-6-15/h8-9,13,15,17H,3-7,10-12,14H2,1-2H3,(H,20,21)(H,22,25). The predicted octanol–water partition coefficient (Wildman–Crippen LogP) is 2.62. The van der Waals surface area contributed by atoms with E-state index in [4.69, 9.17) is 4.74 Å². The molecule has 1 saturated heterocycles. The van der Waals surface area contributed by atoms with E-state index < -0.39 is 0 Å². The molecular formula is C19H31N5O2. The van der Waals surface area contributed by atoms with Gasteiger partial charge in [-0.15, -0.1) is 0 Å². The van der Waals surface area contributed by atoms with Crippen molar-refractivity contribution < 1.29 is 9.53 Å². The zero-order valence-corrected chi connectivity index (χ0v) is 15.9. The average molecular weight is 361 g/mol. The Hall–Kier alpha value is -1.86. The van der Waals surface area contributed by atoms with Gasteiger partial charge in [0.05, 0.1) is 24.6 Å². The monoisotopic (exact) mass is 361 g/mol. The number of rotatable bonds is 7. The summed E-state index contributed by atoms with van der Waals surface area (Å²) in [6.07, 6.45) is 7.62. The van der Waals surface area contributed by atoms with Gasteiger partial charge >= 0.3 is 6.03 Å². The third-order valence-electron chi connectivity index (χ3n) is 5.03. The van der Waals surface area contributed by atoms with Crippen molar-refractivity contribution in [3.05, 3.63) is 18.3 Å². The molecule has 1 saturated carbocycles. The molecule has 1 aromatic heterocycles. The summed E-state index contributed by atoms with van der Waals surface area (Å²) in [5, 5.41) is 6.35.